The third kappa shape index (κ3) is 3.50. The summed E-state index contributed by atoms with van der Waals surface area (Å²) in [5, 5.41) is 16.1. The Kier molecular flexibility index (Phi) is 4.68. The number of rotatable bonds is 5. The first kappa shape index (κ1) is 15.5. The molecule has 2 aromatic carbocycles. The molecule has 0 atom stereocenters. The Morgan fingerprint density at radius 2 is 1.83 bits per heavy atom. The molecule has 0 radical (unpaired) electrons. The summed E-state index contributed by atoms with van der Waals surface area (Å²) < 4.78 is 0. The van der Waals surface area contributed by atoms with Crippen LogP contribution in [0.5, 0.6) is 0 Å². The number of carbonyl (C=O) groups is 1. The van der Waals surface area contributed by atoms with Crippen LogP contribution >= 0.6 is 0 Å². The molecule has 24 heavy (non-hydrogen) atoms. The van der Waals surface area contributed by atoms with Crippen LogP contribution in [0.25, 0.3) is 10.9 Å². The summed E-state index contributed by atoms with van der Waals surface area (Å²) in [7, 11) is 0. The molecule has 0 fully saturated rings. The van der Waals surface area contributed by atoms with Crippen LogP contribution in [0.15, 0.2) is 60.8 Å². The van der Waals surface area contributed by atoms with E-state index in [1.807, 2.05) is 30.3 Å². The monoisotopic (exact) mass is 316 g/mol. The standard InChI is InChI=1S/C19H16N4O/c20-13-15-5-1-2-8-16(15)23-18(24)10-12-21-17-9-3-6-14-7-4-11-22-19(14)17/h1-9,11,21H,10,12H2,(H,23,24). The predicted octanol–water partition coefficient (Wildman–Crippen LogP) is 3.55. The van der Waals surface area contributed by atoms with Gasteiger partial charge in [-0.2, -0.15) is 5.26 Å². The van der Waals surface area contributed by atoms with Crippen LogP contribution in [0.1, 0.15) is 12.0 Å². The average molecular weight is 316 g/mol. The minimum atomic E-state index is -0.140. The number of hydrogen-bond donors (Lipinski definition) is 2. The number of carbonyl (C=O) groups excluding carboxylic acids is 1. The molecule has 0 aliphatic rings. The zero-order valence-corrected chi connectivity index (χ0v) is 13.0. The molecule has 3 rings (SSSR count). The van der Waals surface area contributed by atoms with Crippen molar-refractivity contribution in [1.29, 1.82) is 5.26 Å². The fraction of sp³-hybridized carbons (Fsp3) is 0.105. The van der Waals surface area contributed by atoms with E-state index >= 15 is 0 Å². The summed E-state index contributed by atoms with van der Waals surface area (Å²) in [4.78, 5) is 16.4. The van der Waals surface area contributed by atoms with Crippen molar-refractivity contribution >= 4 is 28.2 Å². The van der Waals surface area contributed by atoms with E-state index in [1.165, 1.54) is 0 Å². The zero-order valence-electron chi connectivity index (χ0n) is 13.0. The fourth-order valence-electron chi connectivity index (χ4n) is 2.46. The van der Waals surface area contributed by atoms with E-state index in [1.54, 1.807) is 30.5 Å². The van der Waals surface area contributed by atoms with Crippen molar-refractivity contribution in [2.24, 2.45) is 0 Å². The molecule has 1 heterocycles. The second kappa shape index (κ2) is 7.25. The van der Waals surface area contributed by atoms with Crippen LogP contribution in [0.3, 0.4) is 0 Å². The van der Waals surface area contributed by atoms with Gasteiger partial charge in [-0.15, -0.1) is 0 Å². The number of amides is 1. The normalized spacial score (nSPS) is 10.1. The Morgan fingerprint density at radius 3 is 2.71 bits per heavy atom. The molecule has 118 valence electrons. The van der Waals surface area contributed by atoms with Crippen molar-refractivity contribution in [1.82, 2.24) is 4.98 Å². The lowest BCUT2D eigenvalue weighted by molar-refractivity contribution is -0.115. The van der Waals surface area contributed by atoms with Crippen molar-refractivity contribution in [3.8, 4) is 6.07 Å². The lowest BCUT2D eigenvalue weighted by Gasteiger charge is -2.10. The number of anilines is 2. The van der Waals surface area contributed by atoms with Gasteiger partial charge in [0.15, 0.2) is 0 Å². The first-order valence-electron chi connectivity index (χ1n) is 7.64. The highest BCUT2D eigenvalue weighted by Gasteiger charge is 2.07. The summed E-state index contributed by atoms with van der Waals surface area (Å²) in [6.45, 7) is 0.482. The van der Waals surface area contributed by atoms with Gasteiger partial charge in [0.05, 0.1) is 22.5 Å². The number of nitrogens with one attached hydrogen (secondary N) is 2. The lowest BCUT2D eigenvalue weighted by Crippen LogP contribution is -2.17. The number of nitriles is 1. The Labute approximate surface area is 140 Å². The maximum Gasteiger partial charge on any atom is 0.226 e. The van der Waals surface area contributed by atoms with Gasteiger partial charge in [-0.05, 0) is 24.3 Å². The predicted molar refractivity (Wildman–Crippen MR) is 94.6 cm³/mol. The number of aromatic nitrogens is 1. The molecule has 1 aromatic heterocycles. The van der Waals surface area contributed by atoms with Gasteiger partial charge in [0, 0.05) is 24.5 Å². The molecule has 1 amide bonds. The van der Waals surface area contributed by atoms with Crippen molar-refractivity contribution in [2.45, 2.75) is 6.42 Å². The van der Waals surface area contributed by atoms with Crippen molar-refractivity contribution < 1.29 is 4.79 Å². The second-order valence-electron chi connectivity index (χ2n) is 5.26. The first-order valence-corrected chi connectivity index (χ1v) is 7.64. The Bertz CT molecular complexity index is 909. The van der Waals surface area contributed by atoms with E-state index < -0.39 is 0 Å². The molecule has 0 aliphatic heterocycles. The Balaban J connectivity index is 1.60. The van der Waals surface area contributed by atoms with Gasteiger partial charge in [0.1, 0.15) is 6.07 Å². The van der Waals surface area contributed by atoms with Crippen LogP contribution in [-0.2, 0) is 4.79 Å². The molecule has 0 saturated heterocycles. The number of hydrogen-bond acceptors (Lipinski definition) is 4. The number of pyridine rings is 1. The van der Waals surface area contributed by atoms with Crippen LogP contribution in [0.2, 0.25) is 0 Å². The maximum absolute atomic E-state index is 12.1. The smallest absolute Gasteiger partial charge is 0.226 e. The highest BCUT2D eigenvalue weighted by Crippen LogP contribution is 2.20. The largest absolute Gasteiger partial charge is 0.383 e. The van der Waals surface area contributed by atoms with E-state index in [0.717, 1.165) is 16.6 Å². The Morgan fingerprint density at radius 1 is 1.04 bits per heavy atom. The second-order valence-corrected chi connectivity index (χ2v) is 5.26. The molecule has 5 nitrogen and oxygen atoms in total. The molecule has 3 aromatic rings. The van der Waals surface area contributed by atoms with Crippen molar-refractivity contribution in [3.63, 3.8) is 0 Å². The molecule has 2 N–H and O–H groups in total. The molecule has 0 spiro atoms. The highest BCUT2D eigenvalue weighted by molar-refractivity contribution is 5.93. The molecule has 0 aliphatic carbocycles. The maximum atomic E-state index is 12.1. The summed E-state index contributed by atoms with van der Waals surface area (Å²) in [5.41, 5.74) is 2.78. The Hall–Kier alpha value is -3.39. The molecular formula is C19H16N4O. The van der Waals surface area contributed by atoms with Gasteiger partial charge in [0.25, 0.3) is 0 Å². The highest BCUT2D eigenvalue weighted by atomic mass is 16.1. The molecule has 0 bridgehead atoms. The van der Waals surface area contributed by atoms with Crippen LogP contribution in [0, 0.1) is 11.3 Å². The van der Waals surface area contributed by atoms with Crippen LogP contribution < -0.4 is 10.6 Å². The molecule has 0 unspecified atom stereocenters. The third-order valence-corrected chi connectivity index (χ3v) is 3.62. The van der Waals surface area contributed by atoms with E-state index in [-0.39, 0.29) is 5.91 Å². The van der Waals surface area contributed by atoms with Crippen molar-refractivity contribution in [3.05, 3.63) is 66.4 Å². The number of para-hydroxylation sites is 2. The van der Waals surface area contributed by atoms with E-state index in [4.69, 9.17) is 5.26 Å². The SMILES string of the molecule is N#Cc1ccccc1NC(=O)CCNc1cccc2cccnc12. The average Bonchev–Trinajstić information content (AvgIpc) is 2.62. The molecule has 5 heteroatoms. The van der Waals surface area contributed by atoms with Gasteiger partial charge < -0.3 is 10.6 Å². The summed E-state index contributed by atoms with van der Waals surface area (Å²) in [6, 6.07) is 18.8. The van der Waals surface area contributed by atoms with E-state index in [0.29, 0.717) is 24.2 Å². The third-order valence-electron chi connectivity index (χ3n) is 3.62. The quantitative estimate of drug-likeness (QED) is 0.754. The molecule has 0 saturated carbocycles. The fourth-order valence-corrected chi connectivity index (χ4v) is 2.46. The molecular weight excluding hydrogens is 300 g/mol. The van der Waals surface area contributed by atoms with E-state index in [9.17, 15) is 4.79 Å². The van der Waals surface area contributed by atoms with Crippen LogP contribution in [-0.4, -0.2) is 17.4 Å². The number of fused-ring (bicyclic) bond motifs is 1. The van der Waals surface area contributed by atoms with Gasteiger partial charge in [-0.3, -0.25) is 9.78 Å². The van der Waals surface area contributed by atoms with Crippen molar-refractivity contribution in [2.75, 3.05) is 17.2 Å². The van der Waals surface area contributed by atoms with Gasteiger partial charge in [-0.25, -0.2) is 0 Å². The summed E-state index contributed by atoms with van der Waals surface area (Å²) >= 11 is 0. The van der Waals surface area contributed by atoms with Gasteiger partial charge in [0.2, 0.25) is 5.91 Å². The van der Waals surface area contributed by atoms with Gasteiger partial charge >= 0.3 is 0 Å². The first-order chi connectivity index (χ1) is 11.8. The summed E-state index contributed by atoms with van der Waals surface area (Å²) in [6.07, 6.45) is 2.04. The number of benzene rings is 2. The minimum absolute atomic E-state index is 0.140. The number of nitrogens with zero attached hydrogens (tertiary/aromatic N) is 2. The summed E-state index contributed by atoms with van der Waals surface area (Å²) in [5.74, 6) is -0.140. The lowest BCUT2D eigenvalue weighted by atomic mass is 10.2. The topological polar surface area (TPSA) is 77.8 Å². The minimum Gasteiger partial charge on any atom is -0.383 e. The zero-order chi connectivity index (χ0) is 16.8. The van der Waals surface area contributed by atoms with Gasteiger partial charge in [-0.1, -0.05) is 30.3 Å². The van der Waals surface area contributed by atoms with Crippen LogP contribution in [0.4, 0.5) is 11.4 Å². The van der Waals surface area contributed by atoms with E-state index in [2.05, 4.69) is 21.7 Å².